The van der Waals surface area contributed by atoms with Gasteiger partial charge in [0.05, 0.1) is 11.6 Å². The average molecular weight is 270 g/mol. The van der Waals surface area contributed by atoms with E-state index < -0.39 is 5.60 Å². The quantitative estimate of drug-likeness (QED) is 0.874. The van der Waals surface area contributed by atoms with Crippen molar-refractivity contribution in [3.8, 4) is 0 Å². The van der Waals surface area contributed by atoms with Gasteiger partial charge in [0.1, 0.15) is 5.60 Å². The van der Waals surface area contributed by atoms with Gasteiger partial charge < -0.3 is 15.2 Å². The van der Waals surface area contributed by atoms with Crippen LogP contribution in [0.1, 0.15) is 37.1 Å². The summed E-state index contributed by atoms with van der Waals surface area (Å²) < 4.78 is 5.21. The van der Waals surface area contributed by atoms with Crippen molar-refractivity contribution in [1.82, 2.24) is 10.3 Å². The normalized spacial score (nSPS) is 24.7. The van der Waals surface area contributed by atoms with Crippen LogP contribution >= 0.6 is 11.3 Å². The van der Waals surface area contributed by atoms with Crippen LogP contribution in [0.2, 0.25) is 0 Å². The number of nitrogens with one attached hydrogen (secondary N) is 1. The molecule has 1 aromatic heterocycles. The molecule has 2 heterocycles. The molecule has 0 bridgehead atoms. The molecule has 0 aliphatic carbocycles. The van der Waals surface area contributed by atoms with Gasteiger partial charge >= 0.3 is 0 Å². The van der Waals surface area contributed by atoms with Gasteiger partial charge in [-0.15, -0.1) is 11.3 Å². The molecule has 1 aliphatic rings. The summed E-state index contributed by atoms with van der Waals surface area (Å²) in [7, 11) is 0. The second-order valence-corrected chi connectivity index (χ2v) is 7.13. The van der Waals surface area contributed by atoms with E-state index in [0.717, 1.165) is 18.0 Å². The zero-order valence-electron chi connectivity index (χ0n) is 11.3. The molecule has 0 spiro atoms. The first kappa shape index (κ1) is 13.9. The fourth-order valence-electron chi connectivity index (χ4n) is 1.89. The molecule has 0 aromatic carbocycles. The number of aliphatic hydroxyl groups is 1. The first-order chi connectivity index (χ1) is 8.39. The SMILES string of the molecule is CC(C)(C)c1ncc(CNCC2(O)CCOC2)s1. The Bertz CT molecular complexity index is 392. The second-order valence-electron chi connectivity index (χ2n) is 6.01. The van der Waals surface area contributed by atoms with Crippen molar-refractivity contribution in [3.63, 3.8) is 0 Å². The lowest BCUT2D eigenvalue weighted by atomic mass is 9.98. The maximum atomic E-state index is 10.1. The Balaban J connectivity index is 1.82. The third kappa shape index (κ3) is 3.51. The van der Waals surface area contributed by atoms with Crippen molar-refractivity contribution in [2.24, 2.45) is 0 Å². The van der Waals surface area contributed by atoms with Crippen molar-refractivity contribution in [2.75, 3.05) is 19.8 Å². The lowest BCUT2D eigenvalue weighted by Crippen LogP contribution is -2.40. The Kier molecular flexibility index (Phi) is 4.06. The molecule has 1 saturated heterocycles. The van der Waals surface area contributed by atoms with Gasteiger partial charge in [0.2, 0.25) is 0 Å². The Hall–Kier alpha value is -0.490. The average Bonchev–Trinajstić information content (AvgIpc) is 2.87. The molecule has 1 aromatic rings. The zero-order chi connectivity index (χ0) is 13.2. The van der Waals surface area contributed by atoms with E-state index in [-0.39, 0.29) is 5.41 Å². The molecule has 2 N–H and O–H groups in total. The fraction of sp³-hybridized carbons (Fsp3) is 0.769. The summed E-state index contributed by atoms with van der Waals surface area (Å²) in [4.78, 5) is 5.66. The summed E-state index contributed by atoms with van der Waals surface area (Å²) in [6.45, 7) is 8.94. The Morgan fingerprint density at radius 1 is 1.56 bits per heavy atom. The molecule has 1 atom stereocenters. The summed E-state index contributed by atoms with van der Waals surface area (Å²) in [5.41, 5.74) is -0.571. The molecule has 1 unspecified atom stereocenters. The Morgan fingerprint density at radius 3 is 2.89 bits per heavy atom. The number of thiazole rings is 1. The van der Waals surface area contributed by atoms with E-state index in [9.17, 15) is 5.11 Å². The van der Waals surface area contributed by atoms with Crippen LogP contribution in [0, 0.1) is 0 Å². The van der Waals surface area contributed by atoms with Crippen molar-refractivity contribution >= 4 is 11.3 Å². The van der Waals surface area contributed by atoms with Crippen LogP contribution in [0.5, 0.6) is 0 Å². The predicted molar refractivity (Wildman–Crippen MR) is 72.9 cm³/mol. The summed E-state index contributed by atoms with van der Waals surface area (Å²) in [5, 5.41) is 14.5. The van der Waals surface area contributed by atoms with Gasteiger partial charge in [-0.3, -0.25) is 0 Å². The lowest BCUT2D eigenvalue weighted by molar-refractivity contribution is 0.0269. The summed E-state index contributed by atoms with van der Waals surface area (Å²) in [5.74, 6) is 0. The fourth-order valence-corrected chi connectivity index (χ4v) is 2.83. The van der Waals surface area contributed by atoms with Crippen LogP contribution < -0.4 is 5.32 Å². The summed E-state index contributed by atoms with van der Waals surface area (Å²) >= 11 is 1.73. The molecular formula is C13H22N2O2S. The van der Waals surface area contributed by atoms with Gasteiger partial charge in [0.25, 0.3) is 0 Å². The third-order valence-corrected chi connectivity index (χ3v) is 4.45. The molecule has 4 nitrogen and oxygen atoms in total. The van der Waals surface area contributed by atoms with Crippen LogP contribution in [-0.2, 0) is 16.7 Å². The molecule has 0 radical (unpaired) electrons. The van der Waals surface area contributed by atoms with E-state index in [4.69, 9.17) is 4.74 Å². The minimum absolute atomic E-state index is 0.112. The largest absolute Gasteiger partial charge is 0.386 e. The first-order valence-corrected chi connectivity index (χ1v) is 7.17. The lowest BCUT2D eigenvalue weighted by Gasteiger charge is -2.20. The van der Waals surface area contributed by atoms with Gasteiger partial charge in [-0.05, 0) is 0 Å². The van der Waals surface area contributed by atoms with E-state index in [1.165, 1.54) is 4.88 Å². The molecule has 102 valence electrons. The number of ether oxygens (including phenoxy) is 1. The van der Waals surface area contributed by atoms with Gasteiger partial charge in [0, 0.05) is 42.6 Å². The topological polar surface area (TPSA) is 54.4 Å². The summed E-state index contributed by atoms with van der Waals surface area (Å²) in [6.07, 6.45) is 2.64. The van der Waals surface area contributed by atoms with E-state index in [1.54, 1.807) is 11.3 Å². The monoisotopic (exact) mass is 270 g/mol. The van der Waals surface area contributed by atoms with Crippen LogP contribution in [0.4, 0.5) is 0 Å². The molecule has 5 heteroatoms. The predicted octanol–water partition coefficient (Wildman–Crippen LogP) is 1.68. The smallest absolute Gasteiger partial charge is 0.103 e. The number of aromatic nitrogens is 1. The van der Waals surface area contributed by atoms with Gasteiger partial charge in [-0.2, -0.15) is 0 Å². The van der Waals surface area contributed by atoms with E-state index in [2.05, 4.69) is 31.1 Å². The highest BCUT2D eigenvalue weighted by molar-refractivity contribution is 7.11. The minimum atomic E-state index is -0.683. The van der Waals surface area contributed by atoms with Crippen LogP contribution in [0.3, 0.4) is 0 Å². The van der Waals surface area contributed by atoms with Crippen molar-refractivity contribution in [2.45, 2.75) is 44.8 Å². The minimum Gasteiger partial charge on any atom is -0.386 e. The van der Waals surface area contributed by atoms with E-state index in [1.807, 2.05) is 6.20 Å². The first-order valence-electron chi connectivity index (χ1n) is 6.35. The summed E-state index contributed by atoms with van der Waals surface area (Å²) in [6, 6.07) is 0. The highest BCUT2D eigenvalue weighted by Gasteiger charge is 2.31. The molecule has 1 aliphatic heterocycles. The Labute approximate surface area is 112 Å². The number of nitrogens with zero attached hydrogens (tertiary/aromatic N) is 1. The van der Waals surface area contributed by atoms with Crippen molar-refractivity contribution in [1.29, 1.82) is 0 Å². The Morgan fingerprint density at radius 2 is 2.33 bits per heavy atom. The zero-order valence-corrected chi connectivity index (χ0v) is 12.1. The molecule has 0 amide bonds. The van der Waals surface area contributed by atoms with Crippen LogP contribution in [-0.4, -0.2) is 35.5 Å². The molecule has 1 fully saturated rings. The maximum Gasteiger partial charge on any atom is 0.103 e. The molecule has 2 rings (SSSR count). The van der Waals surface area contributed by atoms with Crippen LogP contribution in [0.15, 0.2) is 6.20 Å². The number of rotatable bonds is 4. The molecular weight excluding hydrogens is 248 g/mol. The van der Waals surface area contributed by atoms with Crippen molar-refractivity contribution in [3.05, 3.63) is 16.1 Å². The molecule has 0 saturated carbocycles. The standard InChI is InChI=1S/C13H22N2O2S/c1-12(2,3)11-15-7-10(18-11)6-14-8-13(16)4-5-17-9-13/h7,14,16H,4-6,8-9H2,1-3H3. The van der Waals surface area contributed by atoms with E-state index >= 15 is 0 Å². The highest BCUT2D eigenvalue weighted by Crippen LogP contribution is 2.26. The van der Waals surface area contributed by atoms with Gasteiger partial charge in [0.15, 0.2) is 0 Å². The van der Waals surface area contributed by atoms with Crippen molar-refractivity contribution < 1.29 is 9.84 Å². The second kappa shape index (κ2) is 5.25. The number of hydrogen-bond donors (Lipinski definition) is 2. The van der Waals surface area contributed by atoms with Crippen LogP contribution in [0.25, 0.3) is 0 Å². The van der Waals surface area contributed by atoms with Gasteiger partial charge in [-0.25, -0.2) is 4.98 Å². The van der Waals surface area contributed by atoms with Gasteiger partial charge in [-0.1, -0.05) is 20.8 Å². The third-order valence-electron chi connectivity index (χ3n) is 3.03. The molecule has 18 heavy (non-hydrogen) atoms. The number of hydrogen-bond acceptors (Lipinski definition) is 5. The maximum absolute atomic E-state index is 10.1. The van der Waals surface area contributed by atoms with E-state index in [0.29, 0.717) is 19.8 Å². The highest BCUT2D eigenvalue weighted by atomic mass is 32.1.